The molecule has 0 fully saturated rings. The molecule has 0 bridgehead atoms. The molecule has 2 heterocycles. The molecule has 0 aliphatic rings. The number of rotatable bonds is 5. The lowest BCUT2D eigenvalue weighted by molar-refractivity contribution is -0.114. The quantitative estimate of drug-likeness (QED) is 0.370. The lowest BCUT2D eigenvalue weighted by Crippen LogP contribution is -2.06. The summed E-state index contributed by atoms with van der Waals surface area (Å²) in [6, 6.07) is 13.2. The zero-order valence-corrected chi connectivity index (χ0v) is 17.7. The van der Waals surface area contributed by atoms with Gasteiger partial charge in [0.1, 0.15) is 5.58 Å². The van der Waals surface area contributed by atoms with Gasteiger partial charge in [-0.15, -0.1) is 0 Å². The van der Waals surface area contributed by atoms with Crippen LogP contribution in [0.25, 0.3) is 16.7 Å². The SMILES string of the molecule is CC(=O)Nc1ccc2c(CSc3nccn3-c3ccc(C)cc3C)cc(=O)oc2c1. The van der Waals surface area contributed by atoms with Crippen molar-refractivity contribution in [1.82, 2.24) is 9.55 Å². The topological polar surface area (TPSA) is 77.1 Å². The average molecular weight is 420 g/mol. The van der Waals surface area contributed by atoms with Crippen LogP contribution >= 0.6 is 11.8 Å². The fourth-order valence-corrected chi connectivity index (χ4v) is 4.39. The predicted molar refractivity (Wildman–Crippen MR) is 119 cm³/mol. The van der Waals surface area contributed by atoms with E-state index in [0.717, 1.165) is 21.8 Å². The number of hydrogen-bond donors (Lipinski definition) is 1. The monoisotopic (exact) mass is 419 g/mol. The smallest absolute Gasteiger partial charge is 0.336 e. The lowest BCUT2D eigenvalue weighted by atomic mass is 10.1. The average Bonchev–Trinajstić information content (AvgIpc) is 3.13. The van der Waals surface area contributed by atoms with Gasteiger partial charge < -0.3 is 9.73 Å². The Balaban J connectivity index is 1.64. The van der Waals surface area contributed by atoms with E-state index < -0.39 is 5.63 Å². The van der Waals surface area contributed by atoms with Crippen molar-refractivity contribution < 1.29 is 9.21 Å². The lowest BCUT2D eigenvalue weighted by Gasteiger charge is -2.12. The summed E-state index contributed by atoms with van der Waals surface area (Å²) in [5.74, 6) is 0.380. The molecule has 0 atom stereocenters. The summed E-state index contributed by atoms with van der Waals surface area (Å²) in [6.45, 7) is 5.59. The van der Waals surface area contributed by atoms with Crippen molar-refractivity contribution in [3.05, 3.63) is 82.0 Å². The van der Waals surface area contributed by atoms with E-state index in [-0.39, 0.29) is 5.91 Å². The number of amides is 1. The maximum absolute atomic E-state index is 12.1. The molecule has 0 saturated heterocycles. The first-order valence-corrected chi connectivity index (χ1v) is 10.5. The summed E-state index contributed by atoms with van der Waals surface area (Å²) in [5, 5.41) is 4.39. The number of nitrogens with one attached hydrogen (secondary N) is 1. The standard InChI is InChI=1S/C23H21N3O3S/c1-14-4-7-20(15(2)10-14)26-9-8-24-23(26)30-13-17-11-22(28)29-21-12-18(25-16(3)27)5-6-19(17)21/h4-12H,13H2,1-3H3,(H,25,27). The van der Waals surface area contributed by atoms with Gasteiger partial charge in [0.05, 0.1) is 5.69 Å². The second kappa shape index (κ2) is 8.20. The van der Waals surface area contributed by atoms with Gasteiger partial charge in [0, 0.05) is 48.3 Å². The number of nitrogens with zero attached hydrogens (tertiary/aromatic N) is 2. The van der Waals surface area contributed by atoms with Crippen molar-refractivity contribution in [3.63, 3.8) is 0 Å². The molecule has 0 radical (unpaired) electrons. The van der Waals surface area contributed by atoms with Gasteiger partial charge in [-0.25, -0.2) is 9.78 Å². The third-order valence-corrected chi connectivity index (χ3v) is 5.74. The Hall–Kier alpha value is -3.32. The van der Waals surface area contributed by atoms with Gasteiger partial charge in [-0.3, -0.25) is 9.36 Å². The van der Waals surface area contributed by atoms with Gasteiger partial charge in [0.2, 0.25) is 5.91 Å². The van der Waals surface area contributed by atoms with Crippen LogP contribution in [0.15, 0.2) is 69.2 Å². The van der Waals surface area contributed by atoms with Crippen molar-refractivity contribution in [1.29, 1.82) is 0 Å². The van der Waals surface area contributed by atoms with Gasteiger partial charge in [-0.05, 0) is 43.2 Å². The van der Waals surface area contributed by atoms with Gasteiger partial charge in [-0.2, -0.15) is 0 Å². The van der Waals surface area contributed by atoms with Gasteiger partial charge in [0.15, 0.2) is 5.16 Å². The highest BCUT2D eigenvalue weighted by Crippen LogP contribution is 2.29. The molecular formula is C23H21N3O3S. The van der Waals surface area contributed by atoms with E-state index in [4.69, 9.17) is 4.42 Å². The van der Waals surface area contributed by atoms with E-state index in [9.17, 15) is 9.59 Å². The Kier molecular flexibility index (Phi) is 5.46. The fraction of sp³-hybridized carbons (Fsp3) is 0.174. The van der Waals surface area contributed by atoms with Crippen LogP contribution in [0.4, 0.5) is 5.69 Å². The molecule has 7 heteroatoms. The largest absolute Gasteiger partial charge is 0.423 e. The van der Waals surface area contributed by atoms with Crippen LogP contribution in [0.2, 0.25) is 0 Å². The molecule has 1 amide bonds. The Morgan fingerprint density at radius 3 is 2.77 bits per heavy atom. The van der Waals surface area contributed by atoms with Crippen molar-refractivity contribution in [2.45, 2.75) is 31.7 Å². The Labute approximate surface area is 177 Å². The van der Waals surface area contributed by atoms with E-state index in [2.05, 4.69) is 46.9 Å². The van der Waals surface area contributed by atoms with Crippen molar-refractivity contribution in [2.75, 3.05) is 5.32 Å². The van der Waals surface area contributed by atoms with Crippen molar-refractivity contribution in [2.24, 2.45) is 0 Å². The van der Waals surface area contributed by atoms with Crippen LogP contribution in [0.5, 0.6) is 0 Å². The molecule has 0 spiro atoms. The molecule has 0 unspecified atom stereocenters. The molecule has 1 N–H and O–H groups in total. The predicted octanol–water partition coefficient (Wildman–Crippen LogP) is 4.85. The van der Waals surface area contributed by atoms with Crippen molar-refractivity contribution in [3.8, 4) is 5.69 Å². The van der Waals surface area contributed by atoms with Crippen molar-refractivity contribution >= 4 is 34.3 Å². The summed E-state index contributed by atoms with van der Waals surface area (Å²) in [6.07, 6.45) is 3.72. The van der Waals surface area contributed by atoms with E-state index in [0.29, 0.717) is 17.0 Å². The van der Waals surface area contributed by atoms with Gasteiger partial charge >= 0.3 is 5.63 Å². The molecule has 4 rings (SSSR count). The molecule has 2 aromatic carbocycles. The molecule has 4 aromatic rings. The van der Waals surface area contributed by atoms with Crippen LogP contribution in [-0.4, -0.2) is 15.5 Å². The minimum atomic E-state index is -0.421. The maximum Gasteiger partial charge on any atom is 0.336 e. The summed E-state index contributed by atoms with van der Waals surface area (Å²) in [4.78, 5) is 27.9. The number of benzene rings is 2. The number of anilines is 1. The highest BCUT2D eigenvalue weighted by molar-refractivity contribution is 7.98. The number of aryl methyl sites for hydroxylation is 2. The summed E-state index contributed by atoms with van der Waals surface area (Å²) >= 11 is 1.55. The molecular weight excluding hydrogens is 398 g/mol. The third kappa shape index (κ3) is 4.16. The molecule has 30 heavy (non-hydrogen) atoms. The molecule has 0 saturated carbocycles. The van der Waals surface area contributed by atoms with E-state index >= 15 is 0 Å². The number of hydrogen-bond acceptors (Lipinski definition) is 5. The fourth-order valence-electron chi connectivity index (χ4n) is 3.43. The number of thioether (sulfide) groups is 1. The van der Waals surface area contributed by atoms with Gasteiger partial charge in [-0.1, -0.05) is 29.5 Å². The van der Waals surface area contributed by atoms with Crippen LogP contribution in [-0.2, 0) is 10.5 Å². The number of aromatic nitrogens is 2. The molecule has 6 nitrogen and oxygen atoms in total. The first kappa shape index (κ1) is 20.0. The number of carbonyl (C=O) groups is 1. The normalized spacial score (nSPS) is 11.0. The minimum Gasteiger partial charge on any atom is -0.423 e. The first-order chi connectivity index (χ1) is 14.4. The molecule has 2 aromatic heterocycles. The highest BCUT2D eigenvalue weighted by Gasteiger charge is 2.12. The number of imidazole rings is 1. The van der Waals surface area contributed by atoms with Crippen LogP contribution < -0.4 is 10.9 Å². The second-order valence-electron chi connectivity index (χ2n) is 7.14. The highest BCUT2D eigenvalue weighted by atomic mass is 32.2. The molecule has 0 aliphatic carbocycles. The van der Waals surface area contributed by atoms with Crippen LogP contribution in [0.3, 0.4) is 0 Å². The molecule has 152 valence electrons. The Morgan fingerprint density at radius 2 is 2.00 bits per heavy atom. The van der Waals surface area contributed by atoms with Crippen LogP contribution in [0.1, 0.15) is 23.6 Å². The third-order valence-electron chi connectivity index (χ3n) is 4.73. The first-order valence-electron chi connectivity index (χ1n) is 9.49. The summed E-state index contributed by atoms with van der Waals surface area (Å²) in [5.41, 5.74) is 4.94. The number of carbonyl (C=O) groups excluding carboxylic acids is 1. The minimum absolute atomic E-state index is 0.179. The Bertz CT molecular complexity index is 1310. The van der Waals surface area contributed by atoms with E-state index in [1.54, 1.807) is 30.1 Å². The second-order valence-corrected chi connectivity index (χ2v) is 8.08. The Morgan fingerprint density at radius 1 is 1.17 bits per heavy atom. The van der Waals surface area contributed by atoms with Gasteiger partial charge in [0.25, 0.3) is 0 Å². The molecule has 0 aliphatic heterocycles. The van der Waals surface area contributed by atoms with E-state index in [1.807, 2.05) is 12.3 Å². The summed E-state index contributed by atoms with van der Waals surface area (Å²) < 4.78 is 7.40. The summed E-state index contributed by atoms with van der Waals surface area (Å²) in [7, 11) is 0. The van der Waals surface area contributed by atoms with Crippen LogP contribution in [0, 0.1) is 13.8 Å². The zero-order chi connectivity index (χ0) is 21.3. The number of fused-ring (bicyclic) bond motifs is 1. The zero-order valence-electron chi connectivity index (χ0n) is 16.9. The maximum atomic E-state index is 12.1. The van der Waals surface area contributed by atoms with E-state index in [1.165, 1.54) is 24.1 Å².